The number of allylic oxidation sites excluding steroid dienone is 1. The first kappa shape index (κ1) is 42.0. The number of pyridine rings is 1. The number of hydrogen-bond acceptors (Lipinski definition) is 10. The van der Waals surface area contributed by atoms with Crippen molar-refractivity contribution >= 4 is 50.8 Å². The predicted molar refractivity (Wildman–Crippen MR) is 224 cm³/mol. The summed E-state index contributed by atoms with van der Waals surface area (Å²) in [6, 6.07) is 5.30. The van der Waals surface area contributed by atoms with E-state index in [2.05, 4.69) is 28.0 Å². The number of carbonyl (C=O) groups is 4. The van der Waals surface area contributed by atoms with Gasteiger partial charge in [0, 0.05) is 49.1 Å². The summed E-state index contributed by atoms with van der Waals surface area (Å²) >= 11 is 0. The first-order valence-corrected chi connectivity index (χ1v) is 23.3. The van der Waals surface area contributed by atoms with Gasteiger partial charge in [0.25, 0.3) is 5.91 Å². The molecule has 5 fully saturated rings. The number of urea groups is 1. The van der Waals surface area contributed by atoms with Gasteiger partial charge in [-0.1, -0.05) is 37.5 Å². The average molecular weight is 847 g/mol. The molecule has 3 N–H and O–H groups in total. The van der Waals surface area contributed by atoms with Crippen molar-refractivity contribution in [1.29, 1.82) is 0 Å². The number of nitrogens with zero attached hydrogens (tertiary/aromatic N) is 3. The van der Waals surface area contributed by atoms with E-state index in [0.717, 1.165) is 62.3 Å². The lowest BCUT2D eigenvalue weighted by Gasteiger charge is -2.37. The van der Waals surface area contributed by atoms with E-state index in [1.165, 1.54) is 11.0 Å². The Kier molecular flexibility index (Phi) is 12.4. The predicted octanol–water partition coefficient (Wildman–Crippen LogP) is 4.60. The minimum atomic E-state index is -3.90. The van der Waals surface area contributed by atoms with E-state index >= 15 is 4.79 Å². The minimum absolute atomic E-state index is 0.0138. The van der Waals surface area contributed by atoms with E-state index < -0.39 is 62.6 Å². The van der Waals surface area contributed by atoms with Crippen LogP contribution in [0.4, 0.5) is 4.79 Å². The molecular formula is C44H58N6O9S. The van der Waals surface area contributed by atoms with Gasteiger partial charge < -0.3 is 34.6 Å². The Morgan fingerprint density at radius 3 is 2.52 bits per heavy atom. The van der Waals surface area contributed by atoms with Crippen LogP contribution in [-0.2, 0) is 29.1 Å². The lowest BCUT2D eigenvalue weighted by molar-refractivity contribution is -0.142. The molecule has 0 radical (unpaired) electrons. The zero-order valence-electron chi connectivity index (χ0n) is 34.4. The van der Waals surface area contributed by atoms with Gasteiger partial charge in [0.2, 0.25) is 27.7 Å². The number of amides is 5. The number of carbonyl (C=O) groups excluding carboxylic acids is 4. The number of piperidine rings is 1. The second kappa shape index (κ2) is 17.7. The van der Waals surface area contributed by atoms with Crippen molar-refractivity contribution in [2.24, 2.45) is 11.8 Å². The highest BCUT2D eigenvalue weighted by Crippen LogP contribution is 2.46. The van der Waals surface area contributed by atoms with Crippen LogP contribution < -0.4 is 24.8 Å². The van der Waals surface area contributed by atoms with Gasteiger partial charge in [-0.05, 0) is 88.3 Å². The molecule has 324 valence electrons. The molecular weight excluding hydrogens is 789 g/mol. The third kappa shape index (κ3) is 9.14. The van der Waals surface area contributed by atoms with Crippen LogP contribution in [0, 0.1) is 11.8 Å². The second-order valence-electron chi connectivity index (χ2n) is 17.4. The van der Waals surface area contributed by atoms with Crippen LogP contribution in [-0.4, -0.2) is 115 Å². The van der Waals surface area contributed by atoms with Gasteiger partial charge in [0.05, 0.1) is 30.5 Å². The minimum Gasteiger partial charge on any atom is -0.497 e. The summed E-state index contributed by atoms with van der Waals surface area (Å²) in [6.07, 6.45) is 14.5. The van der Waals surface area contributed by atoms with E-state index in [0.29, 0.717) is 62.5 Å². The van der Waals surface area contributed by atoms with Crippen LogP contribution in [0.2, 0.25) is 0 Å². The number of ether oxygens (including phenoxy) is 3. The first-order chi connectivity index (χ1) is 29.0. The first-order valence-electron chi connectivity index (χ1n) is 21.8. The highest BCUT2D eigenvalue weighted by atomic mass is 32.2. The number of hydrogen-bond donors (Lipinski definition) is 3. The van der Waals surface area contributed by atoms with E-state index in [4.69, 9.17) is 19.2 Å². The van der Waals surface area contributed by atoms with Gasteiger partial charge in [-0.15, -0.1) is 6.58 Å². The number of methoxy groups -OCH3 is 1. The molecule has 0 spiro atoms. The number of fused-ring (bicyclic) bond motifs is 11. The highest BCUT2D eigenvalue weighted by molar-refractivity contribution is 7.91. The maximum Gasteiger partial charge on any atom is 0.318 e. The molecule has 60 heavy (non-hydrogen) atoms. The molecule has 1 aromatic carbocycles. The summed E-state index contributed by atoms with van der Waals surface area (Å²) in [5.41, 5.74) is -0.161. The molecule has 16 heteroatoms. The number of rotatable bonds is 8. The monoisotopic (exact) mass is 846 g/mol. The van der Waals surface area contributed by atoms with E-state index in [1.807, 2.05) is 30.3 Å². The normalized spacial score (nSPS) is 30.0. The molecule has 15 nitrogen and oxygen atoms in total. The average Bonchev–Trinajstić information content (AvgIpc) is 4.19. The Hall–Kier alpha value is -4.70. The van der Waals surface area contributed by atoms with Crippen LogP contribution >= 0.6 is 0 Å². The summed E-state index contributed by atoms with van der Waals surface area (Å²) in [5.74, 6) is -1.52. The van der Waals surface area contributed by atoms with E-state index in [9.17, 15) is 22.8 Å². The Balaban J connectivity index is 1.13. The van der Waals surface area contributed by atoms with E-state index in [-0.39, 0.29) is 37.4 Å². The fourth-order valence-corrected chi connectivity index (χ4v) is 10.7. The summed E-state index contributed by atoms with van der Waals surface area (Å²) in [7, 11) is -2.32. The van der Waals surface area contributed by atoms with Crippen LogP contribution in [0.15, 0.2) is 43.0 Å². The summed E-state index contributed by atoms with van der Waals surface area (Å²) in [6.45, 7) is 5.50. The Morgan fingerprint density at radius 2 is 1.80 bits per heavy atom. The second-order valence-corrected chi connectivity index (χ2v) is 19.3. The molecule has 5 amide bonds. The Bertz CT molecular complexity index is 2110. The molecule has 5 atom stereocenters. The quantitative estimate of drug-likeness (QED) is 0.318. The molecule has 3 aliphatic carbocycles. The number of benzene rings is 1. The number of nitrogens with one attached hydrogen (secondary N) is 3. The van der Waals surface area contributed by atoms with Crippen molar-refractivity contribution < 1.29 is 41.8 Å². The maximum absolute atomic E-state index is 15.1. The van der Waals surface area contributed by atoms with Crippen molar-refractivity contribution in [2.45, 2.75) is 125 Å². The molecule has 7 aliphatic rings. The largest absolute Gasteiger partial charge is 0.497 e. The van der Waals surface area contributed by atoms with Gasteiger partial charge in [-0.2, -0.15) is 0 Å². The molecule has 3 saturated carbocycles. The van der Waals surface area contributed by atoms with Gasteiger partial charge in [-0.25, -0.2) is 18.2 Å². The Labute approximate surface area is 352 Å². The third-order valence-corrected chi connectivity index (χ3v) is 15.0. The van der Waals surface area contributed by atoms with Crippen molar-refractivity contribution in [1.82, 2.24) is 30.1 Å². The fourth-order valence-electron chi connectivity index (χ4n) is 9.34. The van der Waals surface area contributed by atoms with Gasteiger partial charge in [0.15, 0.2) is 0 Å². The zero-order chi connectivity index (χ0) is 42.0. The van der Waals surface area contributed by atoms with Crippen molar-refractivity contribution in [3.63, 3.8) is 0 Å². The smallest absolute Gasteiger partial charge is 0.318 e. The van der Waals surface area contributed by atoms with Crippen LogP contribution in [0.25, 0.3) is 17.0 Å². The lowest BCUT2D eigenvalue weighted by atomic mass is 9.83. The molecule has 4 aliphatic heterocycles. The van der Waals surface area contributed by atoms with Gasteiger partial charge >= 0.3 is 6.03 Å². The van der Waals surface area contributed by atoms with Crippen LogP contribution in [0.5, 0.6) is 11.6 Å². The standard InChI is InChI=1S/C44H58N6O9S/c1-3-31-26-44(31,42(53)48-60(55,56)35-16-17-35)47-39(51)37-25-34-27-50(37)41(52)38(28-11-8-6-9-12-28)46-43(54)49-20-18-32(19-21-49)58-22-10-5-4-7-13-30-23-29-14-15-33(57-2)24-36(29)45-40(30)59-34/h3,7,13-15,23-24,28,31-32,34-35,37-38H,1,4-6,8-12,16-22,25-27H2,2H3,(H,46,54)(H,47,51)(H,48,53)/b13-7+/t31-,34-,37+,38+,44-/m1/s1. The van der Waals surface area contributed by atoms with E-state index in [1.54, 1.807) is 12.0 Å². The topological polar surface area (TPSA) is 186 Å². The van der Waals surface area contributed by atoms with Crippen molar-refractivity contribution in [2.75, 3.05) is 33.4 Å². The molecule has 4 bridgehead atoms. The van der Waals surface area contributed by atoms with Gasteiger partial charge in [0.1, 0.15) is 29.5 Å². The van der Waals surface area contributed by atoms with Crippen molar-refractivity contribution in [3.8, 4) is 11.6 Å². The maximum atomic E-state index is 15.1. The molecule has 0 unspecified atom stereocenters. The number of sulfonamides is 1. The SMILES string of the molecule is C=C[C@@H]1C[C@]1(NC(=O)[C@@H]1C[C@@H]2CN1C(=O)[C@H](C1CCCCC1)NC(=O)N1CCC(CC1)OCCCC/C=C/c1cc3ccc(OC)cc3nc1O2)C(=O)NS(=O)(=O)C1CC1. The summed E-state index contributed by atoms with van der Waals surface area (Å²) in [5, 5.41) is 6.26. The molecule has 5 heterocycles. The highest BCUT2D eigenvalue weighted by Gasteiger charge is 2.62. The third-order valence-electron chi connectivity index (χ3n) is 13.2. The zero-order valence-corrected chi connectivity index (χ0v) is 35.3. The Morgan fingerprint density at radius 1 is 1.02 bits per heavy atom. The molecule has 2 aromatic rings. The number of aromatic nitrogens is 1. The molecule has 1 aromatic heterocycles. The van der Waals surface area contributed by atoms with Gasteiger partial charge in [-0.3, -0.25) is 19.1 Å². The van der Waals surface area contributed by atoms with Crippen LogP contribution in [0.3, 0.4) is 0 Å². The summed E-state index contributed by atoms with van der Waals surface area (Å²) < 4.78 is 46.3. The molecule has 2 saturated heterocycles. The lowest BCUT2D eigenvalue weighted by Crippen LogP contribution is -2.60. The molecule has 9 rings (SSSR count). The van der Waals surface area contributed by atoms with Crippen LogP contribution in [0.1, 0.15) is 95.5 Å². The van der Waals surface area contributed by atoms with Crippen molar-refractivity contribution in [3.05, 3.63) is 48.6 Å². The summed E-state index contributed by atoms with van der Waals surface area (Å²) in [4.78, 5) is 65.6. The fraction of sp³-hybridized carbons (Fsp3) is 0.614.